The number of rotatable bonds is 5. The molecule has 0 unspecified atom stereocenters. The standard InChI is InChI=1S/C13H18IN5/c1-4-6-9-11(14)13(15-5-2)18-12(17-9)10-7-8-16-19(10)3/h7-8H,4-6H2,1-3H3,(H,15,17,18). The Bertz CT molecular complexity index is 537. The molecule has 6 heteroatoms. The van der Waals surface area contributed by atoms with Gasteiger partial charge in [-0.1, -0.05) is 13.3 Å². The van der Waals surface area contributed by atoms with Crippen LogP contribution in [0.3, 0.4) is 0 Å². The van der Waals surface area contributed by atoms with Crippen LogP contribution in [0.5, 0.6) is 0 Å². The van der Waals surface area contributed by atoms with Gasteiger partial charge in [-0.15, -0.1) is 0 Å². The van der Waals surface area contributed by atoms with E-state index in [9.17, 15) is 0 Å². The molecule has 2 aromatic rings. The van der Waals surface area contributed by atoms with Crippen molar-refractivity contribution < 1.29 is 0 Å². The Kier molecular flexibility index (Phi) is 4.73. The average Bonchev–Trinajstić information content (AvgIpc) is 2.81. The first-order valence-corrected chi connectivity index (χ1v) is 7.53. The van der Waals surface area contributed by atoms with Crippen molar-refractivity contribution in [2.75, 3.05) is 11.9 Å². The molecule has 1 N–H and O–H groups in total. The molecule has 0 saturated heterocycles. The zero-order chi connectivity index (χ0) is 13.8. The maximum absolute atomic E-state index is 4.69. The van der Waals surface area contributed by atoms with Gasteiger partial charge >= 0.3 is 0 Å². The summed E-state index contributed by atoms with van der Waals surface area (Å²) in [6.45, 7) is 5.08. The quantitative estimate of drug-likeness (QED) is 0.822. The molecule has 5 nitrogen and oxygen atoms in total. The van der Waals surface area contributed by atoms with Gasteiger partial charge in [0.2, 0.25) is 0 Å². The molecule has 102 valence electrons. The Morgan fingerprint density at radius 2 is 2.11 bits per heavy atom. The number of nitrogens with zero attached hydrogens (tertiary/aromatic N) is 4. The van der Waals surface area contributed by atoms with Crippen LogP contribution in [-0.4, -0.2) is 26.3 Å². The summed E-state index contributed by atoms with van der Waals surface area (Å²) in [4.78, 5) is 9.31. The molecule has 2 heterocycles. The van der Waals surface area contributed by atoms with Crippen LogP contribution in [-0.2, 0) is 13.5 Å². The van der Waals surface area contributed by atoms with E-state index < -0.39 is 0 Å². The lowest BCUT2D eigenvalue weighted by Crippen LogP contribution is -2.09. The second-order valence-electron chi connectivity index (χ2n) is 4.28. The summed E-state index contributed by atoms with van der Waals surface area (Å²) in [5.41, 5.74) is 2.04. The summed E-state index contributed by atoms with van der Waals surface area (Å²) in [5, 5.41) is 7.49. The van der Waals surface area contributed by atoms with E-state index in [4.69, 9.17) is 0 Å². The fourth-order valence-corrected chi connectivity index (χ4v) is 2.59. The van der Waals surface area contributed by atoms with Gasteiger partial charge < -0.3 is 5.32 Å². The van der Waals surface area contributed by atoms with Crippen LogP contribution >= 0.6 is 22.6 Å². The molecule has 0 aliphatic rings. The van der Waals surface area contributed by atoms with Crippen molar-refractivity contribution in [3.8, 4) is 11.5 Å². The van der Waals surface area contributed by atoms with Gasteiger partial charge in [0, 0.05) is 19.8 Å². The molecule has 0 bridgehead atoms. The van der Waals surface area contributed by atoms with Crippen LogP contribution < -0.4 is 5.32 Å². The minimum absolute atomic E-state index is 0.736. The molecule has 0 amide bonds. The van der Waals surface area contributed by atoms with E-state index >= 15 is 0 Å². The Morgan fingerprint density at radius 3 is 2.68 bits per heavy atom. The summed E-state index contributed by atoms with van der Waals surface area (Å²) in [6.07, 6.45) is 3.80. The van der Waals surface area contributed by atoms with E-state index in [0.29, 0.717) is 0 Å². The highest BCUT2D eigenvalue weighted by Crippen LogP contribution is 2.24. The normalized spacial score (nSPS) is 10.7. The smallest absolute Gasteiger partial charge is 0.180 e. The van der Waals surface area contributed by atoms with Crippen molar-refractivity contribution in [1.82, 2.24) is 19.7 Å². The van der Waals surface area contributed by atoms with E-state index in [1.165, 1.54) is 0 Å². The summed E-state index contributed by atoms with van der Waals surface area (Å²) >= 11 is 2.32. The molecule has 0 atom stereocenters. The number of hydrogen-bond acceptors (Lipinski definition) is 4. The highest BCUT2D eigenvalue weighted by Gasteiger charge is 2.14. The van der Waals surface area contributed by atoms with Crippen molar-refractivity contribution in [1.29, 1.82) is 0 Å². The largest absolute Gasteiger partial charge is 0.369 e. The number of nitrogens with one attached hydrogen (secondary N) is 1. The van der Waals surface area contributed by atoms with Gasteiger partial charge in [0.15, 0.2) is 5.82 Å². The molecule has 0 aliphatic heterocycles. The van der Waals surface area contributed by atoms with Gasteiger partial charge in [0.1, 0.15) is 11.5 Å². The third-order valence-corrected chi connectivity index (χ3v) is 3.93. The SMILES string of the molecule is CCCc1nc(-c2ccnn2C)nc(NCC)c1I. The van der Waals surface area contributed by atoms with Crippen LogP contribution in [0.15, 0.2) is 12.3 Å². The summed E-state index contributed by atoms with van der Waals surface area (Å²) in [5.74, 6) is 1.65. The average molecular weight is 371 g/mol. The van der Waals surface area contributed by atoms with Crippen LogP contribution in [0.2, 0.25) is 0 Å². The molecule has 0 aliphatic carbocycles. The molecular formula is C13H18IN5. The topological polar surface area (TPSA) is 55.6 Å². The first-order valence-electron chi connectivity index (χ1n) is 6.46. The number of hydrogen-bond donors (Lipinski definition) is 1. The Labute approximate surface area is 127 Å². The number of aryl methyl sites for hydroxylation is 2. The van der Waals surface area contributed by atoms with Gasteiger partial charge in [-0.05, 0) is 42.0 Å². The van der Waals surface area contributed by atoms with Gasteiger partial charge in [-0.2, -0.15) is 5.10 Å². The lowest BCUT2D eigenvalue weighted by molar-refractivity contribution is 0.766. The predicted octanol–water partition coefficient (Wildman–Crippen LogP) is 2.87. The van der Waals surface area contributed by atoms with Gasteiger partial charge in [0.25, 0.3) is 0 Å². The minimum Gasteiger partial charge on any atom is -0.369 e. The number of anilines is 1. The van der Waals surface area contributed by atoms with Crippen LogP contribution in [0.25, 0.3) is 11.5 Å². The summed E-state index contributed by atoms with van der Waals surface area (Å²) < 4.78 is 2.92. The third-order valence-electron chi connectivity index (χ3n) is 2.80. The molecule has 0 spiro atoms. The lowest BCUT2D eigenvalue weighted by atomic mass is 10.2. The second-order valence-corrected chi connectivity index (χ2v) is 5.36. The molecule has 2 aromatic heterocycles. The fraction of sp³-hybridized carbons (Fsp3) is 0.462. The van der Waals surface area contributed by atoms with Crippen molar-refractivity contribution in [3.63, 3.8) is 0 Å². The fourth-order valence-electron chi connectivity index (χ4n) is 1.89. The van der Waals surface area contributed by atoms with E-state index in [2.05, 4.69) is 56.8 Å². The number of halogens is 1. The molecular weight excluding hydrogens is 353 g/mol. The molecule has 0 aromatic carbocycles. The van der Waals surface area contributed by atoms with Gasteiger partial charge in [-0.25, -0.2) is 9.97 Å². The van der Waals surface area contributed by atoms with Crippen molar-refractivity contribution in [2.24, 2.45) is 7.05 Å². The highest BCUT2D eigenvalue weighted by atomic mass is 127. The minimum atomic E-state index is 0.736. The summed E-state index contributed by atoms with van der Waals surface area (Å²) in [7, 11) is 1.91. The molecule has 2 rings (SSSR count). The highest BCUT2D eigenvalue weighted by molar-refractivity contribution is 14.1. The Balaban J connectivity index is 2.52. The predicted molar refractivity (Wildman–Crippen MR) is 85.1 cm³/mol. The summed E-state index contributed by atoms with van der Waals surface area (Å²) in [6, 6.07) is 1.94. The first-order chi connectivity index (χ1) is 9.17. The molecule has 19 heavy (non-hydrogen) atoms. The van der Waals surface area contributed by atoms with E-state index in [1.807, 2.05) is 13.1 Å². The van der Waals surface area contributed by atoms with Crippen LogP contribution in [0.1, 0.15) is 26.0 Å². The zero-order valence-corrected chi connectivity index (χ0v) is 13.6. The van der Waals surface area contributed by atoms with Crippen molar-refractivity contribution in [2.45, 2.75) is 26.7 Å². The van der Waals surface area contributed by atoms with E-state index in [0.717, 1.165) is 46.0 Å². The Morgan fingerprint density at radius 1 is 1.32 bits per heavy atom. The second kappa shape index (κ2) is 6.31. The van der Waals surface area contributed by atoms with E-state index in [1.54, 1.807) is 10.9 Å². The first kappa shape index (κ1) is 14.2. The molecule has 0 radical (unpaired) electrons. The van der Waals surface area contributed by atoms with Crippen molar-refractivity contribution >= 4 is 28.4 Å². The van der Waals surface area contributed by atoms with Crippen molar-refractivity contribution in [3.05, 3.63) is 21.5 Å². The molecule has 0 saturated carbocycles. The lowest BCUT2D eigenvalue weighted by Gasteiger charge is -2.12. The maximum Gasteiger partial charge on any atom is 0.180 e. The monoisotopic (exact) mass is 371 g/mol. The van der Waals surface area contributed by atoms with Gasteiger partial charge in [0.05, 0.1) is 9.26 Å². The zero-order valence-electron chi connectivity index (χ0n) is 11.4. The third kappa shape index (κ3) is 3.05. The Hall–Kier alpha value is -1.18. The van der Waals surface area contributed by atoms with Crippen LogP contribution in [0, 0.1) is 3.57 Å². The van der Waals surface area contributed by atoms with E-state index in [-0.39, 0.29) is 0 Å². The molecule has 0 fully saturated rings. The van der Waals surface area contributed by atoms with Gasteiger partial charge in [-0.3, -0.25) is 4.68 Å². The maximum atomic E-state index is 4.69. The number of aromatic nitrogens is 4. The van der Waals surface area contributed by atoms with Crippen LogP contribution in [0.4, 0.5) is 5.82 Å².